The van der Waals surface area contributed by atoms with Gasteiger partial charge >= 0.3 is 0 Å². The summed E-state index contributed by atoms with van der Waals surface area (Å²) >= 11 is 0. The molecule has 2 saturated heterocycles. The fourth-order valence-corrected chi connectivity index (χ4v) is 11.5. The van der Waals surface area contributed by atoms with Crippen molar-refractivity contribution < 1.29 is 64.6 Å². The zero-order chi connectivity index (χ0) is 63.1. The number of carbonyl (C=O) groups excluding carboxylic acids is 1. The monoisotopic (exact) mass is 1230 g/mol. The molecule has 0 spiro atoms. The van der Waals surface area contributed by atoms with Crippen molar-refractivity contribution in [3.05, 3.63) is 72.9 Å². The standard InChI is InChI=1S/C73H131NO13/c1-3-5-7-9-11-13-15-17-19-21-22-23-24-25-26-27-28-29-30-31-32-33-34-35-36-37-38-39-40-41-43-45-47-49-51-53-55-57-65(78)74-61(62(77)56-54-52-50-48-46-44-42-20-18-16-14-12-10-8-6-4-2)60-84-72-70(83)68(81)71(64(59-76)86-72)87-73-69(82)67(80)66(79)63(58-75)85-73/h5,7,11,13,17,19,22-23,25-26,54,56,61-64,66-73,75-77,79-83H,3-4,6,8-10,12,14-16,18,20-21,24,27-53,55,57-60H2,1-2H3,(H,74,78)/b7-5-,13-11-,19-17-,23-22-,26-25-,56-54+. The summed E-state index contributed by atoms with van der Waals surface area (Å²) in [5, 5.41) is 87.3. The van der Waals surface area contributed by atoms with E-state index in [-0.39, 0.29) is 18.9 Å². The summed E-state index contributed by atoms with van der Waals surface area (Å²) in [4.78, 5) is 13.3. The molecule has 0 saturated carbocycles. The number of aliphatic hydroxyl groups excluding tert-OH is 8. The number of hydrogen-bond acceptors (Lipinski definition) is 13. The number of unbranched alkanes of at least 4 members (excludes halogenated alkanes) is 35. The molecule has 0 aromatic carbocycles. The highest BCUT2D eigenvalue weighted by Gasteiger charge is 2.51. The third kappa shape index (κ3) is 41.5. The summed E-state index contributed by atoms with van der Waals surface area (Å²) < 4.78 is 22.8. The molecule has 2 fully saturated rings. The van der Waals surface area contributed by atoms with E-state index in [4.69, 9.17) is 18.9 Å². The lowest BCUT2D eigenvalue weighted by Gasteiger charge is -2.46. The Kier molecular flexibility index (Phi) is 53.1. The first-order valence-electron chi connectivity index (χ1n) is 35.7. The smallest absolute Gasteiger partial charge is 0.220 e. The van der Waals surface area contributed by atoms with E-state index in [0.717, 1.165) is 70.6 Å². The summed E-state index contributed by atoms with van der Waals surface area (Å²) in [6.07, 6.45) is 61.1. The third-order valence-electron chi connectivity index (χ3n) is 17.1. The molecule has 14 heteroatoms. The van der Waals surface area contributed by atoms with Gasteiger partial charge in [-0.05, 0) is 64.2 Å². The van der Waals surface area contributed by atoms with E-state index in [1.807, 2.05) is 6.08 Å². The Bertz CT molecular complexity index is 1740. The third-order valence-corrected chi connectivity index (χ3v) is 17.1. The van der Waals surface area contributed by atoms with Crippen LogP contribution in [0.5, 0.6) is 0 Å². The van der Waals surface area contributed by atoms with Crippen LogP contribution >= 0.6 is 0 Å². The fourth-order valence-electron chi connectivity index (χ4n) is 11.5. The number of ether oxygens (including phenoxy) is 4. The van der Waals surface area contributed by atoms with Crippen LogP contribution in [0.3, 0.4) is 0 Å². The SMILES string of the molecule is CC/C=C\C/C=C\C/C=C\C/C=C\C/C=C\CCCCCCCCCCCCCCCCCCCCCCCC(=O)NC(COC1OC(CO)C(OC2OC(CO)C(O)C(O)C2O)C(O)C1O)C(O)/C=C/CCCCCCCCCCCCCCCC. The lowest BCUT2D eigenvalue weighted by molar-refractivity contribution is -0.359. The predicted octanol–water partition coefficient (Wildman–Crippen LogP) is 14.6. The van der Waals surface area contributed by atoms with Crippen molar-refractivity contribution in [2.75, 3.05) is 19.8 Å². The normalized spacial score (nSPS) is 23.7. The van der Waals surface area contributed by atoms with E-state index < -0.39 is 86.8 Å². The number of aliphatic hydroxyl groups is 8. The highest BCUT2D eigenvalue weighted by Crippen LogP contribution is 2.30. The zero-order valence-corrected chi connectivity index (χ0v) is 55.0. The second-order valence-corrected chi connectivity index (χ2v) is 25.0. The molecular formula is C73H131NO13. The van der Waals surface area contributed by atoms with Crippen LogP contribution in [0.2, 0.25) is 0 Å². The van der Waals surface area contributed by atoms with Gasteiger partial charge in [0.25, 0.3) is 0 Å². The molecule has 2 rings (SSSR count). The summed E-state index contributed by atoms with van der Waals surface area (Å²) in [6, 6.07) is -0.915. The molecule has 0 bridgehead atoms. The number of rotatable bonds is 58. The van der Waals surface area contributed by atoms with Gasteiger partial charge in [0, 0.05) is 6.42 Å². The first kappa shape index (κ1) is 80.5. The van der Waals surface area contributed by atoms with Crippen LogP contribution in [0.1, 0.15) is 290 Å². The molecular weight excluding hydrogens is 1100 g/mol. The van der Waals surface area contributed by atoms with Gasteiger partial charge in [0.15, 0.2) is 12.6 Å². The van der Waals surface area contributed by atoms with Gasteiger partial charge in [-0.15, -0.1) is 0 Å². The summed E-state index contributed by atoms with van der Waals surface area (Å²) in [7, 11) is 0. The molecule has 0 aromatic heterocycles. The van der Waals surface area contributed by atoms with Crippen molar-refractivity contribution in [2.24, 2.45) is 0 Å². The molecule has 0 aromatic rings. The van der Waals surface area contributed by atoms with Gasteiger partial charge in [-0.1, -0.05) is 292 Å². The molecule has 0 aliphatic carbocycles. The molecule has 12 atom stereocenters. The molecule has 2 heterocycles. The number of nitrogens with one attached hydrogen (secondary N) is 1. The Balaban J connectivity index is 1.59. The van der Waals surface area contributed by atoms with Gasteiger partial charge < -0.3 is 65.1 Å². The topological polar surface area (TPSA) is 228 Å². The van der Waals surface area contributed by atoms with E-state index in [2.05, 4.69) is 79.9 Å². The Morgan fingerprint density at radius 1 is 0.425 bits per heavy atom. The van der Waals surface area contributed by atoms with Crippen LogP contribution in [0.25, 0.3) is 0 Å². The van der Waals surface area contributed by atoms with Gasteiger partial charge in [-0.2, -0.15) is 0 Å². The average Bonchev–Trinajstić information content (AvgIpc) is 2.36. The van der Waals surface area contributed by atoms with Gasteiger partial charge in [-0.3, -0.25) is 4.79 Å². The van der Waals surface area contributed by atoms with Crippen molar-refractivity contribution >= 4 is 5.91 Å². The maximum atomic E-state index is 13.3. The molecule has 12 unspecified atom stereocenters. The van der Waals surface area contributed by atoms with Crippen LogP contribution in [0.4, 0.5) is 0 Å². The summed E-state index contributed by atoms with van der Waals surface area (Å²) in [5.74, 6) is -0.236. The molecule has 0 radical (unpaired) electrons. The fraction of sp³-hybridized carbons (Fsp3) is 0.822. The van der Waals surface area contributed by atoms with Gasteiger partial charge in [0.05, 0.1) is 32.0 Å². The van der Waals surface area contributed by atoms with E-state index in [9.17, 15) is 45.6 Å². The zero-order valence-electron chi connectivity index (χ0n) is 55.0. The van der Waals surface area contributed by atoms with Crippen LogP contribution in [-0.2, 0) is 23.7 Å². The number of carbonyl (C=O) groups is 1. The minimum absolute atomic E-state index is 0.236. The van der Waals surface area contributed by atoms with Crippen LogP contribution in [0, 0.1) is 0 Å². The van der Waals surface area contributed by atoms with Gasteiger partial charge in [-0.25, -0.2) is 0 Å². The average molecular weight is 1230 g/mol. The Labute approximate surface area is 529 Å². The second kappa shape index (κ2) is 57.3. The first-order valence-corrected chi connectivity index (χ1v) is 35.7. The van der Waals surface area contributed by atoms with E-state index in [1.54, 1.807) is 6.08 Å². The van der Waals surface area contributed by atoms with Crippen LogP contribution in [-0.4, -0.2) is 140 Å². The van der Waals surface area contributed by atoms with E-state index in [1.165, 1.54) is 193 Å². The lowest BCUT2D eigenvalue weighted by Crippen LogP contribution is -2.65. The quantitative estimate of drug-likeness (QED) is 0.0204. The Morgan fingerprint density at radius 3 is 1.22 bits per heavy atom. The van der Waals surface area contributed by atoms with E-state index >= 15 is 0 Å². The first-order chi connectivity index (χ1) is 42.6. The molecule has 2 aliphatic heterocycles. The highest BCUT2D eigenvalue weighted by molar-refractivity contribution is 5.76. The lowest BCUT2D eigenvalue weighted by atomic mass is 9.97. The summed E-state index contributed by atoms with van der Waals surface area (Å²) in [6.45, 7) is 2.71. The van der Waals surface area contributed by atoms with Crippen molar-refractivity contribution in [3.8, 4) is 0 Å². The molecule has 2 aliphatic rings. The molecule has 87 heavy (non-hydrogen) atoms. The van der Waals surface area contributed by atoms with Gasteiger partial charge in [0.2, 0.25) is 5.91 Å². The minimum Gasteiger partial charge on any atom is -0.394 e. The molecule has 506 valence electrons. The Hall–Kier alpha value is -2.57. The number of allylic oxidation sites excluding steroid dienone is 11. The van der Waals surface area contributed by atoms with Crippen molar-refractivity contribution in [2.45, 2.75) is 364 Å². The number of hydrogen-bond donors (Lipinski definition) is 9. The minimum atomic E-state index is -1.79. The maximum Gasteiger partial charge on any atom is 0.220 e. The van der Waals surface area contributed by atoms with Crippen LogP contribution < -0.4 is 5.32 Å². The van der Waals surface area contributed by atoms with Gasteiger partial charge in [0.1, 0.15) is 48.8 Å². The molecule has 14 nitrogen and oxygen atoms in total. The van der Waals surface area contributed by atoms with Crippen LogP contribution in [0.15, 0.2) is 72.9 Å². The second-order valence-electron chi connectivity index (χ2n) is 25.0. The van der Waals surface area contributed by atoms with Crippen molar-refractivity contribution in [3.63, 3.8) is 0 Å². The molecule has 1 amide bonds. The van der Waals surface area contributed by atoms with Crippen molar-refractivity contribution in [1.82, 2.24) is 5.32 Å². The number of amides is 1. The Morgan fingerprint density at radius 2 is 0.793 bits per heavy atom. The molecule has 9 N–H and O–H groups in total. The maximum absolute atomic E-state index is 13.3. The van der Waals surface area contributed by atoms with E-state index in [0.29, 0.717) is 6.42 Å². The predicted molar refractivity (Wildman–Crippen MR) is 355 cm³/mol. The highest BCUT2D eigenvalue weighted by atomic mass is 16.7. The largest absolute Gasteiger partial charge is 0.394 e. The summed E-state index contributed by atoms with van der Waals surface area (Å²) in [5.41, 5.74) is 0. The van der Waals surface area contributed by atoms with Crippen molar-refractivity contribution in [1.29, 1.82) is 0 Å².